The molecule has 0 aliphatic heterocycles. The average molecular weight is 282 g/mol. The second kappa shape index (κ2) is 4.49. The van der Waals surface area contributed by atoms with Crippen molar-refractivity contribution in [2.24, 2.45) is 0 Å². The molecule has 0 fully saturated rings. The Morgan fingerprint density at radius 1 is 1.25 bits per heavy atom. The van der Waals surface area contributed by atoms with Gasteiger partial charge in [0.05, 0.1) is 11.4 Å². The quantitative estimate of drug-likeness (QED) is 0.888. The third-order valence-electron chi connectivity index (χ3n) is 2.04. The lowest BCUT2D eigenvalue weighted by Gasteiger charge is -2.09. The zero-order chi connectivity index (χ0) is 11.5. The molecule has 0 saturated heterocycles. The molecular weight excluding hydrogens is 273 g/mol. The van der Waals surface area contributed by atoms with E-state index in [0.29, 0.717) is 16.0 Å². The molecule has 0 spiro atoms. The molecule has 2 rings (SSSR count). The Balaban J connectivity index is 2.31. The van der Waals surface area contributed by atoms with E-state index in [1.54, 1.807) is 24.4 Å². The van der Waals surface area contributed by atoms with Crippen LogP contribution in [0.3, 0.4) is 0 Å². The molecule has 0 unspecified atom stereocenters. The second-order valence-electron chi connectivity index (χ2n) is 3.19. The molecule has 16 heavy (non-hydrogen) atoms. The fraction of sp³-hybridized carbons (Fsp3) is 0. The molecule has 1 aromatic heterocycles. The first-order valence-corrected chi connectivity index (χ1v) is 5.38. The molecule has 2 aromatic rings. The summed E-state index contributed by atoms with van der Waals surface area (Å²) in [5.74, 6) is 0.107. The Morgan fingerprint density at radius 2 is 2.06 bits per heavy atom. The number of nitrogens with one attached hydrogen (secondary N) is 1. The van der Waals surface area contributed by atoms with Gasteiger partial charge in [-0.1, -0.05) is 0 Å². The van der Waals surface area contributed by atoms with Gasteiger partial charge in [0.2, 0.25) is 0 Å². The summed E-state index contributed by atoms with van der Waals surface area (Å²) in [5.41, 5.74) is 7.11. The average Bonchev–Trinajstić information content (AvgIpc) is 2.25. The van der Waals surface area contributed by atoms with Crippen LogP contribution in [-0.2, 0) is 0 Å². The van der Waals surface area contributed by atoms with E-state index in [4.69, 9.17) is 5.73 Å². The minimum Gasteiger partial charge on any atom is -0.382 e. The molecule has 82 valence electrons. The Labute approximate surface area is 101 Å². The van der Waals surface area contributed by atoms with E-state index in [1.165, 1.54) is 12.1 Å². The topological polar surface area (TPSA) is 50.9 Å². The van der Waals surface area contributed by atoms with Gasteiger partial charge in [0.25, 0.3) is 0 Å². The number of pyridine rings is 1. The highest BCUT2D eigenvalue weighted by molar-refractivity contribution is 9.10. The monoisotopic (exact) mass is 281 g/mol. The fourth-order valence-electron chi connectivity index (χ4n) is 1.26. The van der Waals surface area contributed by atoms with Gasteiger partial charge >= 0.3 is 0 Å². The van der Waals surface area contributed by atoms with Crippen molar-refractivity contribution >= 4 is 33.1 Å². The first kappa shape index (κ1) is 10.9. The number of hydrogen-bond acceptors (Lipinski definition) is 3. The van der Waals surface area contributed by atoms with Gasteiger partial charge < -0.3 is 11.1 Å². The number of nitrogen functional groups attached to an aromatic ring is 1. The Hall–Kier alpha value is -1.62. The maximum Gasteiger partial charge on any atom is 0.147 e. The predicted octanol–water partition coefficient (Wildman–Crippen LogP) is 3.31. The van der Waals surface area contributed by atoms with Crippen molar-refractivity contribution in [3.05, 3.63) is 46.8 Å². The van der Waals surface area contributed by atoms with Crippen molar-refractivity contribution in [1.29, 1.82) is 0 Å². The number of aromatic nitrogens is 1. The molecule has 0 bridgehead atoms. The van der Waals surface area contributed by atoms with Crippen LogP contribution in [0.4, 0.5) is 21.6 Å². The van der Waals surface area contributed by atoms with E-state index < -0.39 is 0 Å². The minimum atomic E-state index is -0.295. The molecule has 3 N–H and O–H groups in total. The van der Waals surface area contributed by atoms with Crippen LogP contribution in [0.15, 0.2) is 41.0 Å². The molecule has 0 aliphatic carbocycles. The summed E-state index contributed by atoms with van der Waals surface area (Å²) in [4.78, 5) is 3.95. The summed E-state index contributed by atoms with van der Waals surface area (Å²) in [6.45, 7) is 0. The number of nitrogens with two attached hydrogens (primary N) is 1. The Bertz CT molecular complexity index is 516. The van der Waals surface area contributed by atoms with Gasteiger partial charge in [-0.15, -0.1) is 0 Å². The highest BCUT2D eigenvalue weighted by Crippen LogP contribution is 2.28. The zero-order valence-corrected chi connectivity index (χ0v) is 9.83. The largest absolute Gasteiger partial charge is 0.382 e. The smallest absolute Gasteiger partial charge is 0.147 e. The van der Waals surface area contributed by atoms with E-state index in [0.717, 1.165) is 5.69 Å². The molecule has 5 heteroatoms. The van der Waals surface area contributed by atoms with Gasteiger partial charge in [0.1, 0.15) is 11.6 Å². The van der Waals surface area contributed by atoms with E-state index >= 15 is 0 Å². The highest BCUT2D eigenvalue weighted by atomic mass is 79.9. The van der Waals surface area contributed by atoms with Crippen LogP contribution in [0.2, 0.25) is 0 Å². The molecule has 0 radical (unpaired) electrons. The van der Waals surface area contributed by atoms with Crippen LogP contribution in [0, 0.1) is 5.82 Å². The summed E-state index contributed by atoms with van der Waals surface area (Å²) in [6.07, 6.45) is 1.61. The van der Waals surface area contributed by atoms with Crippen LogP contribution in [0.1, 0.15) is 0 Å². The standard InChI is InChI=1S/C11H9BrFN3/c12-8-6-7(13)3-4-9(8)16-10-2-1-5-15-11(10)14/h1-6,16H,(H2,14,15). The molecule has 3 nitrogen and oxygen atoms in total. The molecule has 0 aliphatic rings. The summed E-state index contributed by atoms with van der Waals surface area (Å²) in [5, 5.41) is 3.07. The van der Waals surface area contributed by atoms with E-state index in [2.05, 4.69) is 26.2 Å². The van der Waals surface area contributed by atoms with Crippen molar-refractivity contribution in [3.8, 4) is 0 Å². The second-order valence-corrected chi connectivity index (χ2v) is 4.04. The van der Waals surface area contributed by atoms with Crippen LogP contribution >= 0.6 is 15.9 Å². The van der Waals surface area contributed by atoms with Crippen molar-refractivity contribution in [3.63, 3.8) is 0 Å². The van der Waals surface area contributed by atoms with Gasteiger partial charge in [-0.25, -0.2) is 9.37 Å². The van der Waals surface area contributed by atoms with Gasteiger partial charge in [0, 0.05) is 10.7 Å². The Morgan fingerprint density at radius 3 is 2.75 bits per heavy atom. The number of rotatable bonds is 2. The lowest BCUT2D eigenvalue weighted by molar-refractivity contribution is 0.627. The van der Waals surface area contributed by atoms with Crippen LogP contribution in [0.5, 0.6) is 0 Å². The van der Waals surface area contributed by atoms with Crippen molar-refractivity contribution in [1.82, 2.24) is 4.98 Å². The van der Waals surface area contributed by atoms with E-state index in [1.807, 2.05) is 0 Å². The van der Waals surface area contributed by atoms with Crippen LogP contribution in [-0.4, -0.2) is 4.98 Å². The number of halogens is 2. The first-order valence-electron chi connectivity index (χ1n) is 4.59. The van der Waals surface area contributed by atoms with Gasteiger partial charge in [-0.05, 0) is 46.3 Å². The van der Waals surface area contributed by atoms with E-state index in [9.17, 15) is 4.39 Å². The van der Waals surface area contributed by atoms with Gasteiger partial charge in [-0.3, -0.25) is 0 Å². The molecule has 1 heterocycles. The molecule has 0 atom stereocenters. The van der Waals surface area contributed by atoms with Crippen molar-refractivity contribution in [2.75, 3.05) is 11.1 Å². The number of benzene rings is 1. The predicted molar refractivity (Wildman–Crippen MR) is 66.0 cm³/mol. The third-order valence-corrected chi connectivity index (χ3v) is 2.70. The molecular formula is C11H9BrFN3. The van der Waals surface area contributed by atoms with Crippen LogP contribution in [0.25, 0.3) is 0 Å². The highest BCUT2D eigenvalue weighted by Gasteiger charge is 2.04. The lowest BCUT2D eigenvalue weighted by Crippen LogP contribution is -1.98. The first-order chi connectivity index (χ1) is 7.66. The minimum absolute atomic E-state index is 0.295. The fourth-order valence-corrected chi connectivity index (χ4v) is 1.71. The van der Waals surface area contributed by atoms with Crippen molar-refractivity contribution in [2.45, 2.75) is 0 Å². The lowest BCUT2D eigenvalue weighted by atomic mass is 10.3. The summed E-state index contributed by atoms with van der Waals surface area (Å²) < 4.78 is 13.5. The zero-order valence-electron chi connectivity index (χ0n) is 8.24. The number of anilines is 3. The maximum atomic E-state index is 12.9. The summed E-state index contributed by atoms with van der Waals surface area (Å²) in [6, 6.07) is 7.97. The van der Waals surface area contributed by atoms with Crippen LogP contribution < -0.4 is 11.1 Å². The number of hydrogen-bond donors (Lipinski definition) is 2. The van der Waals surface area contributed by atoms with Gasteiger partial charge in [0.15, 0.2) is 0 Å². The van der Waals surface area contributed by atoms with Crippen molar-refractivity contribution < 1.29 is 4.39 Å². The van der Waals surface area contributed by atoms with E-state index in [-0.39, 0.29) is 5.82 Å². The summed E-state index contributed by atoms with van der Waals surface area (Å²) in [7, 11) is 0. The normalized spacial score (nSPS) is 10.1. The SMILES string of the molecule is Nc1ncccc1Nc1ccc(F)cc1Br. The third kappa shape index (κ3) is 2.30. The molecule has 1 aromatic carbocycles. The molecule has 0 amide bonds. The summed E-state index contributed by atoms with van der Waals surface area (Å²) >= 11 is 3.27. The Kier molecular flexibility index (Phi) is 3.05. The maximum absolute atomic E-state index is 12.9. The van der Waals surface area contributed by atoms with Gasteiger partial charge in [-0.2, -0.15) is 0 Å². The molecule has 0 saturated carbocycles. The number of nitrogens with zero attached hydrogens (tertiary/aromatic N) is 1.